The molecule has 1 heterocycles. The molecule has 4 nitrogen and oxygen atoms in total. The SMILES string of the molecule is CN1CCCNC1=O.Nc1ccccc1. The average molecular weight is 207 g/mol. The van der Waals surface area contributed by atoms with Gasteiger partial charge in [-0.05, 0) is 18.6 Å². The van der Waals surface area contributed by atoms with Crippen LogP contribution in [0.4, 0.5) is 10.5 Å². The molecule has 0 aromatic heterocycles. The summed E-state index contributed by atoms with van der Waals surface area (Å²) in [6.45, 7) is 1.73. The molecule has 0 atom stereocenters. The molecule has 15 heavy (non-hydrogen) atoms. The molecule has 3 N–H and O–H groups in total. The van der Waals surface area contributed by atoms with Gasteiger partial charge in [-0.2, -0.15) is 0 Å². The van der Waals surface area contributed by atoms with E-state index in [0.717, 1.165) is 25.2 Å². The highest BCUT2D eigenvalue weighted by atomic mass is 16.2. The molecule has 0 spiro atoms. The van der Waals surface area contributed by atoms with E-state index < -0.39 is 0 Å². The van der Waals surface area contributed by atoms with Crippen molar-refractivity contribution in [2.75, 3.05) is 25.9 Å². The molecule has 1 saturated heterocycles. The molecule has 0 saturated carbocycles. The third-order valence-corrected chi connectivity index (χ3v) is 2.09. The Kier molecular flexibility index (Phi) is 4.47. The molecule has 4 heteroatoms. The van der Waals surface area contributed by atoms with Crippen LogP contribution in [0.15, 0.2) is 30.3 Å². The van der Waals surface area contributed by atoms with Crippen molar-refractivity contribution in [2.24, 2.45) is 0 Å². The Balaban J connectivity index is 0.000000151. The Labute approximate surface area is 90.1 Å². The maximum absolute atomic E-state index is 10.6. The molecule has 1 fully saturated rings. The van der Waals surface area contributed by atoms with Gasteiger partial charge >= 0.3 is 6.03 Å². The van der Waals surface area contributed by atoms with E-state index >= 15 is 0 Å². The molecular weight excluding hydrogens is 190 g/mol. The second-order valence-electron chi connectivity index (χ2n) is 3.42. The largest absolute Gasteiger partial charge is 0.399 e. The lowest BCUT2D eigenvalue weighted by atomic mass is 10.3. The average Bonchev–Trinajstić information content (AvgIpc) is 2.25. The smallest absolute Gasteiger partial charge is 0.317 e. The summed E-state index contributed by atoms with van der Waals surface area (Å²) in [5.41, 5.74) is 6.18. The Bertz CT molecular complexity index is 300. The first kappa shape index (κ1) is 11.4. The fraction of sp³-hybridized carbons (Fsp3) is 0.364. The standard InChI is InChI=1S/C6H7N.C5H10N2O/c7-6-4-2-1-3-5-6;1-7-4-2-3-6-5(7)8/h1-5H,7H2;2-4H2,1H3,(H,6,8). The van der Waals surface area contributed by atoms with E-state index in [2.05, 4.69) is 5.32 Å². The summed E-state index contributed by atoms with van der Waals surface area (Å²) in [5.74, 6) is 0. The minimum absolute atomic E-state index is 0.0521. The van der Waals surface area contributed by atoms with Crippen LogP contribution in [0.25, 0.3) is 0 Å². The van der Waals surface area contributed by atoms with Crippen LogP contribution in [0.3, 0.4) is 0 Å². The predicted octanol–water partition coefficient (Wildman–Crippen LogP) is 1.30. The van der Waals surface area contributed by atoms with Crippen LogP contribution in [-0.4, -0.2) is 31.1 Å². The van der Waals surface area contributed by atoms with E-state index in [4.69, 9.17) is 5.73 Å². The Morgan fingerprint density at radius 2 is 2.00 bits per heavy atom. The zero-order valence-electron chi connectivity index (χ0n) is 8.94. The number of carbonyl (C=O) groups excluding carboxylic acids is 1. The maximum Gasteiger partial charge on any atom is 0.317 e. The van der Waals surface area contributed by atoms with Crippen molar-refractivity contribution >= 4 is 11.7 Å². The number of rotatable bonds is 0. The first-order valence-electron chi connectivity index (χ1n) is 4.99. The number of hydrogen-bond acceptors (Lipinski definition) is 2. The van der Waals surface area contributed by atoms with Crippen LogP contribution >= 0.6 is 0 Å². The van der Waals surface area contributed by atoms with E-state index in [0.29, 0.717) is 0 Å². The molecule has 0 bridgehead atoms. The van der Waals surface area contributed by atoms with Crippen LogP contribution in [-0.2, 0) is 0 Å². The van der Waals surface area contributed by atoms with Gasteiger partial charge in [0.25, 0.3) is 0 Å². The van der Waals surface area contributed by atoms with Gasteiger partial charge in [0.2, 0.25) is 0 Å². The molecule has 2 rings (SSSR count). The summed E-state index contributed by atoms with van der Waals surface area (Å²) >= 11 is 0. The lowest BCUT2D eigenvalue weighted by molar-refractivity contribution is 0.199. The summed E-state index contributed by atoms with van der Waals surface area (Å²) in [6, 6.07) is 9.54. The molecule has 1 aliphatic rings. The highest BCUT2D eigenvalue weighted by Crippen LogP contribution is 1.96. The van der Waals surface area contributed by atoms with Crippen LogP contribution in [0.1, 0.15) is 6.42 Å². The van der Waals surface area contributed by atoms with Crippen LogP contribution in [0, 0.1) is 0 Å². The van der Waals surface area contributed by atoms with Crippen molar-refractivity contribution in [3.8, 4) is 0 Å². The van der Waals surface area contributed by atoms with E-state index in [9.17, 15) is 4.79 Å². The third kappa shape index (κ3) is 4.35. The quantitative estimate of drug-likeness (QED) is 0.630. The van der Waals surface area contributed by atoms with Gasteiger partial charge in [-0.15, -0.1) is 0 Å². The summed E-state index contributed by atoms with van der Waals surface area (Å²) in [6.07, 6.45) is 1.07. The van der Waals surface area contributed by atoms with E-state index in [1.54, 1.807) is 11.9 Å². The zero-order valence-corrected chi connectivity index (χ0v) is 8.94. The number of anilines is 1. The number of urea groups is 1. The molecular formula is C11H17N3O. The van der Waals surface area contributed by atoms with Gasteiger partial charge in [-0.25, -0.2) is 4.79 Å². The normalized spacial score (nSPS) is 15.0. The number of nitrogen functional groups attached to an aromatic ring is 1. The maximum atomic E-state index is 10.6. The van der Waals surface area contributed by atoms with Crippen LogP contribution < -0.4 is 11.1 Å². The molecule has 2 amide bonds. The van der Waals surface area contributed by atoms with E-state index in [1.807, 2.05) is 30.3 Å². The highest BCUT2D eigenvalue weighted by molar-refractivity contribution is 5.74. The van der Waals surface area contributed by atoms with Crippen molar-refractivity contribution in [1.29, 1.82) is 0 Å². The lowest BCUT2D eigenvalue weighted by Crippen LogP contribution is -2.43. The van der Waals surface area contributed by atoms with Gasteiger partial charge in [-0.1, -0.05) is 18.2 Å². The minimum atomic E-state index is 0.0521. The number of nitrogens with two attached hydrogens (primary N) is 1. The van der Waals surface area contributed by atoms with Crippen molar-refractivity contribution < 1.29 is 4.79 Å². The molecule has 82 valence electrons. The predicted molar refractivity (Wildman–Crippen MR) is 61.5 cm³/mol. The van der Waals surface area contributed by atoms with Crippen molar-refractivity contribution in [1.82, 2.24) is 10.2 Å². The lowest BCUT2D eigenvalue weighted by Gasteiger charge is -2.22. The fourth-order valence-electron chi connectivity index (χ4n) is 1.20. The first-order chi connectivity index (χ1) is 7.20. The van der Waals surface area contributed by atoms with E-state index in [-0.39, 0.29) is 6.03 Å². The van der Waals surface area contributed by atoms with Gasteiger partial charge < -0.3 is 16.0 Å². The summed E-state index contributed by atoms with van der Waals surface area (Å²) in [5, 5.41) is 2.72. The van der Waals surface area contributed by atoms with Crippen LogP contribution in [0.2, 0.25) is 0 Å². The number of carbonyl (C=O) groups is 1. The van der Waals surface area contributed by atoms with E-state index in [1.165, 1.54) is 0 Å². The number of nitrogens with one attached hydrogen (secondary N) is 1. The third-order valence-electron chi connectivity index (χ3n) is 2.09. The highest BCUT2D eigenvalue weighted by Gasteiger charge is 2.10. The second kappa shape index (κ2) is 5.90. The fourth-order valence-corrected chi connectivity index (χ4v) is 1.20. The zero-order chi connectivity index (χ0) is 11.1. The topological polar surface area (TPSA) is 58.4 Å². The second-order valence-corrected chi connectivity index (χ2v) is 3.42. The Morgan fingerprint density at radius 3 is 2.33 bits per heavy atom. The molecule has 1 aromatic carbocycles. The van der Waals surface area contributed by atoms with Gasteiger partial charge in [-0.3, -0.25) is 0 Å². The number of hydrogen-bond donors (Lipinski definition) is 2. The van der Waals surface area contributed by atoms with Crippen molar-refractivity contribution in [3.63, 3.8) is 0 Å². The summed E-state index contributed by atoms with van der Waals surface area (Å²) in [4.78, 5) is 12.3. The van der Waals surface area contributed by atoms with Crippen molar-refractivity contribution in [2.45, 2.75) is 6.42 Å². The number of amides is 2. The molecule has 0 radical (unpaired) electrons. The monoisotopic (exact) mass is 207 g/mol. The van der Waals surface area contributed by atoms with Gasteiger partial charge in [0.05, 0.1) is 0 Å². The molecule has 1 aliphatic heterocycles. The van der Waals surface area contributed by atoms with Gasteiger partial charge in [0.15, 0.2) is 0 Å². The van der Waals surface area contributed by atoms with Gasteiger partial charge in [0, 0.05) is 25.8 Å². The van der Waals surface area contributed by atoms with Gasteiger partial charge in [0.1, 0.15) is 0 Å². The van der Waals surface area contributed by atoms with Crippen LogP contribution in [0.5, 0.6) is 0 Å². The molecule has 1 aromatic rings. The number of para-hydroxylation sites is 1. The summed E-state index contributed by atoms with van der Waals surface area (Å²) in [7, 11) is 1.80. The Morgan fingerprint density at radius 1 is 1.33 bits per heavy atom. The first-order valence-corrected chi connectivity index (χ1v) is 4.99. The van der Waals surface area contributed by atoms with Crippen molar-refractivity contribution in [3.05, 3.63) is 30.3 Å². The summed E-state index contributed by atoms with van der Waals surface area (Å²) < 4.78 is 0. The minimum Gasteiger partial charge on any atom is -0.399 e. The molecule has 0 aliphatic carbocycles. The number of benzene rings is 1. The molecule has 0 unspecified atom stereocenters. The number of nitrogens with zero attached hydrogens (tertiary/aromatic N) is 1. The Hall–Kier alpha value is -1.71.